The molecule has 27 heavy (non-hydrogen) atoms. The minimum Gasteiger partial charge on any atom is -0.350 e. The molecule has 0 aliphatic heterocycles. The predicted molar refractivity (Wildman–Crippen MR) is 109 cm³/mol. The monoisotopic (exact) mass is 385 g/mol. The van der Waals surface area contributed by atoms with Gasteiger partial charge in [-0.25, -0.2) is 9.36 Å². The first-order valence-corrected chi connectivity index (χ1v) is 9.58. The highest BCUT2D eigenvalue weighted by Crippen LogP contribution is 2.17. The molecule has 0 aliphatic rings. The Hall–Kier alpha value is -2.67. The lowest BCUT2D eigenvalue weighted by Crippen LogP contribution is -2.45. The Morgan fingerprint density at radius 2 is 1.81 bits per heavy atom. The highest BCUT2D eigenvalue weighted by molar-refractivity contribution is 7.17. The second-order valence-electron chi connectivity index (χ2n) is 7.71. The molecule has 6 nitrogen and oxygen atoms in total. The molecule has 1 N–H and O–H groups in total. The van der Waals surface area contributed by atoms with Crippen LogP contribution in [0.4, 0.5) is 0 Å². The molecule has 3 rings (SSSR count). The Kier molecular flexibility index (Phi) is 4.82. The SMILES string of the molecule is Cc1ccc(-n2c(=O)c3sccc3n(CC(=O)NC(C)(C)C)c2=O)cc1C. The lowest BCUT2D eigenvalue weighted by molar-refractivity contribution is -0.123. The predicted octanol–water partition coefficient (Wildman–Crippen LogP) is 2.75. The summed E-state index contributed by atoms with van der Waals surface area (Å²) < 4.78 is 2.97. The van der Waals surface area contributed by atoms with Gasteiger partial charge >= 0.3 is 5.69 Å². The molecule has 0 atom stereocenters. The minimum absolute atomic E-state index is 0.144. The number of hydrogen-bond donors (Lipinski definition) is 1. The summed E-state index contributed by atoms with van der Waals surface area (Å²) in [7, 11) is 0. The third-order valence-corrected chi connectivity index (χ3v) is 5.21. The Morgan fingerprint density at radius 3 is 2.44 bits per heavy atom. The van der Waals surface area contributed by atoms with E-state index in [2.05, 4.69) is 5.32 Å². The van der Waals surface area contributed by atoms with E-state index in [4.69, 9.17) is 0 Å². The standard InChI is InChI=1S/C20H23N3O3S/c1-12-6-7-14(10-13(12)2)23-18(25)17-15(8-9-27-17)22(19(23)26)11-16(24)21-20(3,4)5/h6-10H,11H2,1-5H3,(H,21,24). The molecule has 7 heteroatoms. The highest BCUT2D eigenvalue weighted by atomic mass is 32.1. The van der Waals surface area contributed by atoms with Gasteiger partial charge in [-0.05, 0) is 69.3 Å². The summed E-state index contributed by atoms with van der Waals surface area (Å²) in [5.41, 5.74) is 1.78. The number of nitrogens with zero attached hydrogens (tertiary/aromatic N) is 2. The summed E-state index contributed by atoms with van der Waals surface area (Å²) in [5.74, 6) is -0.276. The summed E-state index contributed by atoms with van der Waals surface area (Å²) >= 11 is 1.27. The van der Waals surface area contributed by atoms with E-state index in [-0.39, 0.29) is 18.0 Å². The third kappa shape index (κ3) is 3.73. The number of carbonyl (C=O) groups excluding carboxylic acids is 1. The number of carbonyl (C=O) groups is 1. The van der Waals surface area contributed by atoms with Crippen molar-refractivity contribution >= 4 is 27.5 Å². The first kappa shape index (κ1) is 19.1. The number of fused-ring (bicyclic) bond motifs is 1. The molecule has 2 heterocycles. The third-order valence-electron chi connectivity index (χ3n) is 4.32. The van der Waals surface area contributed by atoms with Gasteiger partial charge < -0.3 is 5.32 Å². The maximum atomic E-state index is 13.2. The zero-order valence-corrected chi connectivity index (χ0v) is 16.9. The van der Waals surface area contributed by atoms with Gasteiger partial charge in [0.25, 0.3) is 5.56 Å². The fourth-order valence-electron chi connectivity index (χ4n) is 2.93. The number of rotatable bonds is 3. The van der Waals surface area contributed by atoms with E-state index < -0.39 is 11.2 Å². The van der Waals surface area contributed by atoms with E-state index in [1.54, 1.807) is 17.5 Å². The van der Waals surface area contributed by atoms with E-state index in [9.17, 15) is 14.4 Å². The van der Waals surface area contributed by atoms with E-state index in [1.807, 2.05) is 46.8 Å². The number of thiophene rings is 1. The summed E-state index contributed by atoms with van der Waals surface area (Å²) in [4.78, 5) is 38.5. The largest absolute Gasteiger partial charge is 0.350 e. The second kappa shape index (κ2) is 6.81. The zero-order chi connectivity index (χ0) is 19.9. The van der Waals surface area contributed by atoms with Gasteiger partial charge in [-0.15, -0.1) is 11.3 Å². The summed E-state index contributed by atoms with van der Waals surface area (Å²) in [6, 6.07) is 7.16. The van der Waals surface area contributed by atoms with Gasteiger partial charge in [-0.1, -0.05) is 6.07 Å². The molecule has 0 bridgehead atoms. The van der Waals surface area contributed by atoms with Gasteiger partial charge in [0, 0.05) is 5.54 Å². The highest BCUT2D eigenvalue weighted by Gasteiger charge is 2.20. The molecule has 0 saturated heterocycles. The van der Waals surface area contributed by atoms with E-state index in [0.29, 0.717) is 15.9 Å². The van der Waals surface area contributed by atoms with Gasteiger partial charge in [0.15, 0.2) is 0 Å². The molecule has 0 aliphatic carbocycles. The summed E-state index contributed by atoms with van der Waals surface area (Å²) in [6.45, 7) is 9.40. The van der Waals surface area contributed by atoms with Crippen molar-refractivity contribution in [1.29, 1.82) is 0 Å². The maximum absolute atomic E-state index is 13.2. The van der Waals surface area contributed by atoms with Gasteiger partial charge in [0.2, 0.25) is 5.91 Å². The fourth-order valence-corrected chi connectivity index (χ4v) is 3.76. The van der Waals surface area contributed by atoms with Crippen LogP contribution in [-0.2, 0) is 11.3 Å². The molecule has 0 spiro atoms. The Balaban J connectivity index is 2.21. The molecule has 2 aromatic heterocycles. The van der Waals surface area contributed by atoms with Crippen molar-refractivity contribution in [2.24, 2.45) is 0 Å². The smallest absolute Gasteiger partial charge is 0.336 e. The molecule has 1 amide bonds. The van der Waals surface area contributed by atoms with Crippen molar-refractivity contribution in [3.63, 3.8) is 0 Å². The molecule has 142 valence electrons. The number of aromatic nitrogens is 2. The molecule has 1 aromatic carbocycles. The fraction of sp³-hybridized carbons (Fsp3) is 0.350. The van der Waals surface area contributed by atoms with Crippen LogP contribution in [0.5, 0.6) is 0 Å². The number of aryl methyl sites for hydroxylation is 2. The molecule has 0 saturated carbocycles. The number of amides is 1. The Morgan fingerprint density at radius 1 is 1.11 bits per heavy atom. The summed E-state index contributed by atoms with van der Waals surface area (Å²) in [5, 5.41) is 4.62. The molecule has 0 unspecified atom stereocenters. The Labute approximate surface area is 161 Å². The van der Waals surface area contributed by atoms with E-state index >= 15 is 0 Å². The topological polar surface area (TPSA) is 73.1 Å². The van der Waals surface area contributed by atoms with Gasteiger partial charge in [0.05, 0.1) is 11.2 Å². The average Bonchev–Trinajstić information content (AvgIpc) is 3.03. The molecule has 0 radical (unpaired) electrons. The van der Waals surface area contributed by atoms with Crippen LogP contribution in [-0.4, -0.2) is 20.6 Å². The maximum Gasteiger partial charge on any atom is 0.336 e. The first-order valence-electron chi connectivity index (χ1n) is 8.70. The molecule has 0 fully saturated rings. The van der Waals surface area contributed by atoms with Crippen LogP contribution in [0.25, 0.3) is 15.9 Å². The first-order chi connectivity index (χ1) is 12.6. The van der Waals surface area contributed by atoms with Crippen LogP contribution in [0.1, 0.15) is 31.9 Å². The minimum atomic E-state index is -0.516. The van der Waals surface area contributed by atoms with Gasteiger partial charge in [-0.3, -0.25) is 14.2 Å². The summed E-state index contributed by atoms with van der Waals surface area (Å²) in [6.07, 6.45) is 0. The quantitative estimate of drug-likeness (QED) is 0.753. The van der Waals surface area contributed by atoms with E-state index in [1.165, 1.54) is 15.9 Å². The average molecular weight is 385 g/mol. The lowest BCUT2D eigenvalue weighted by atomic mass is 10.1. The van der Waals surface area contributed by atoms with Gasteiger partial charge in [-0.2, -0.15) is 0 Å². The van der Waals surface area contributed by atoms with Crippen LogP contribution in [0.3, 0.4) is 0 Å². The van der Waals surface area contributed by atoms with Crippen LogP contribution in [0, 0.1) is 13.8 Å². The van der Waals surface area contributed by atoms with Crippen molar-refractivity contribution in [3.05, 3.63) is 61.6 Å². The van der Waals surface area contributed by atoms with Crippen molar-refractivity contribution in [3.8, 4) is 5.69 Å². The molecular formula is C20H23N3O3S. The van der Waals surface area contributed by atoms with Crippen LogP contribution in [0.15, 0.2) is 39.2 Å². The van der Waals surface area contributed by atoms with Gasteiger partial charge in [0.1, 0.15) is 11.2 Å². The number of benzene rings is 1. The van der Waals surface area contributed by atoms with Crippen molar-refractivity contribution in [2.75, 3.05) is 0 Å². The zero-order valence-electron chi connectivity index (χ0n) is 16.1. The number of hydrogen-bond acceptors (Lipinski definition) is 4. The van der Waals surface area contributed by atoms with Crippen molar-refractivity contribution < 1.29 is 4.79 Å². The van der Waals surface area contributed by atoms with Crippen molar-refractivity contribution in [1.82, 2.24) is 14.5 Å². The Bertz CT molecular complexity index is 1150. The van der Waals surface area contributed by atoms with E-state index in [0.717, 1.165) is 15.7 Å². The second-order valence-corrected chi connectivity index (χ2v) is 8.63. The normalized spacial score (nSPS) is 11.7. The molecule has 3 aromatic rings. The lowest BCUT2D eigenvalue weighted by Gasteiger charge is -2.21. The number of nitrogens with one attached hydrogen (secondary N) is 1. The van der Waals surface area contributed by atoms with Crippen molar-refractivity contribution in [2.45, 2.75) is 46.7 Å². The molecular weight excluding hydrogens is 362 g/mol. The van der Waals surface area contributed by atoms with Crippen LogP contribution < -0.4 is 16.6 Å². The van der Waals surface area contributed by atoms with Crippen LogP contribution in [0.2, 0.25) is 0 Å². The van der Waals surface area contributed by atoms with Crippen LogP contribution >= 0.6 is 11.3 Å².